The van der Waals surface area contributed by atoms with Gasteiger partial charge in [-0.15, -0.1) is 6.42 Å². The maximum absolute atomic E-state index is 11.9. The second-order valence-electron chi connectivity index (χ2n) is 4.46. The van der Waals surface area contributed by atoms with E-state index in [-0.39, 0.29) is 4.90 Å². The van der Waals surface area contributed by atoms with E-state index in [1.807, 2.05) is 6.92 Å². The van der Waals surface area contributed by atoms with E-state index in [1.165, 1.54) is 26.0 Å². The van der Waals surface area contributed by atoms with Crippen LogP contribution in [0.4, 0.5) is 4.79 Å². The van der Waals surface area contributed by atoms with Crippen molar-refractivity contribution in [2.24, 2.45) is 0 Å². The number of amides is 1. The molecule has 0 aliphatic heterocycles. The van der Waals surface area contributed by atoms with E-state index in [0.717, 1.165) is 5.56 Å². The Morgan fingerprint density at radius 1 is 1.32 bits per heavy atom. The monoisotopic (exact) mass is 281 g/mol. The lowest BCUT2D eigenvalue weighted by molar-refractivity contribution is 0.0832. The Kier molecular flexibility index (Phi) is 4.22. The molecule has 0 atom stereocenters. The minimum Gasteiger partial charge on any atom is -0.430 e. The fourth-order valence-electron chi connectivity index (χ4n) is 1.17. The molecule has 0 saturated heterocycles. The summed E-state index contributed by atoms with van der Waals surface area (Å²) in [6.45, 7) is 4.78. The van der Waals surface area contributed by atoms with Gasteiger partial charge in [-0.3, -0.25) is 0 Å². The van der Waals surface area contributed by atoms with E-state index in [9.17, 15) is 13.2 Å². The summed E-state index contributed by atoms with van der Waals surface area (Å²) >= 11 is 0. The number of hydrogen-bond acceptors (Lipinski definition) is 4. The van der Waals surface area contributed by atoms with Crippen molar-refractivity contribution in [1.82, 2.24) is 4.72 Å². The zero-order valence-corrected chi connectivity index (χ0v) is 11.7. The summed E-state index contributed by atoms with van der Waals surface area (Å²) in [5.41, 5.74) is -0.262. The highest BCUT2D eigenvalue weighted by Gasteiger charge is 2.24. The predicted molar refractivity (Wildman–Crippen MR) is 70.9 cm³/mol. The van der Waals surface area contributed by atoms with Gasteiger partial charge < -0.3 is 4.74 Å². The first-order chi connectivity index (χ1) is 8.66. The Balaban J connectivity index is 2.84. The number of carbonyl (C=O) groups is 1. The molecule has 0 saturated carbocycles. The lowest BCUT2D eigenvalue weighted by atomic mass is 10.2. The number of ether oxygens (including phenoxy) is 1. The molecule has 1 rings (SSSR count). The van der Waals surface area contributed by atoms with Gasteiger partial charge in [0.1, 0.15) is 0 Å². The van der Waals surface area contributed by atoms with Gasteiger partial charge >= 0.3 is 6.09 Å². The highest BCUT2D eigenvalue weighted by atomic mass is 32.2. The molecule has 19 heavy (non-hydrogen) atoms. The highest BCUT2D eigenvalue weighted by Crippen LogP contribution is 2.12. The molecule has 0 aromatic heterocycles. The van der Waals surface area contributed by atoms with Gasteiger partial charge in [-0.25, -0.2) is 17.9 Å². The maximum atomic E-state index is 11.9. The van der Waals surface area contributed by atoms with Crippen molar-refractivity contribution in [1.29, 1.82) is 0 Å². The van der Waals surface area contributed by atoms with Gasteiger partial charge in [-0.2, -0.15) is 0 Å². The average Bonchev–Trinajstić information content (AvgIpc) is 2.28. The van der Waals surface area contributed by atoms with Crippen molar-refractivity contribution in [2.45, 2.75) is 31.3 Å². The standard InChI is InChI=1S/C13H15NO4S/c1-5-13(3,4)18-12(15)14-19(16,17)11-8-6-10(2)7-9-11/h1,6-9H,2-4H3,(H,14,15). The molecule has 1 aromatic rings. The molecule has 0 aliphatic rings. The second-order valence-corrected chi connectivity index (χ2v) is 6.15. The van der Waals surface area contributed by atoms with Crippen LogP contribution in [0.5, 0.6) is 0 Å². The summed E-state index contributed by atoms with van der Waals surface area (Å²) < 4.78 is 30.3. The predicted octanol–water partition coefficient (Wildman–Crippen LogP) is 1.82. The summed E-state index contributed by atoms with van der Waals surface area (Å²) in [6.07, 6.45) is 4.03. The zero-order valence-electron chi connectivity index (χ0n) is 10.9. The van der Waals surface area contributed by atoms with E-state index in [2.05, 4.69) is 5.92 Å². The molecule has 6 heteroatoms. The summed E-state index contributed by atoms with van der Waals surface area (Å²) in [5.74, 6) is 2.23. The Morgan fingerprint density at radius 3 is 2.32 bits per heavy atom. The van der Waals surface area contributed by atoms with Crippen molar-refractivity contribution in [3.8, 4) is 12.3 Å². The van der Waals surface area contributed by atoms with Gasteiger partial charge in [0.15, 0.2) is 5.60 Å². The summed E-state index contributed by atoms with van der Waals surface area (Å²) in [4.78, 5) is 11.4. The lowest BCUT2D eigenvalue weighted by Crippen LogP contribution is -2.37. The van der Waals surface area contributed by atoms with Crippen molar-refractivity contribution in [2.75, 3.05) is 0 Å². The van der Waals surface area contributed by atoms with Crippen molar-refractivity contribution in [3.63, 3.8) is 0 Å². The molecule has 102 valence electrons. The number of hydrogen-bond donors (Lipinski definition) is 1. The Morgan fingerprint density at radius 2 is 1.84 bits per heavy atom. The molecule has 0 spiro atoms. The van der Waals surface area contributed by atoms with Crippen LogP contribution in [-0.2, 0) is 14.8 Å². The number of sulfonamides is 1. The van der Waals surface area contributed by atoms with E-state index in [0.29, 0.717) is 0 Å². The van der Waals surface area contributed by atoms with Gasteiger partial charge in [-0.1, -0.05) is 23.6 Å². The van der Waals surface area contributed by atoms with Crippen molar-refractivity contribution in [3.05, 3.63) is 29.8 Å². The van der Waals surface area contributed by atoms with Crippen LogP contribution in [-0.4, -0.2) is 20.1 Å². The lowest BCUT2D eigenvalue weighted by Gasteiger charge is -2.18. The quantitative estimate of drug-likeness (QED) is 0.858. The fraction of sp³-hybridized carbons (Fsp3) is 0.308. The maximum Gasteiger partial charge on any atom is 0.422 e. The van der Waals surface area contributed by atoms with Crippen LogP contribution in [0.15, 0.2) is 29.2 Å². The largest absolute Gasteiger partial charge is 0.430 e. The molecule has 5 nitrogen and oxygen atoms in total. The smallest absolute Gasteiger partial charge is 0.422 e. The summed E-state index contributed by atoms with van der Waals surface area (Å²) in [5, 5.41) is 0. The minimum atomic E-state index is -3.95. The number of terminal acetylenes is 1. The molecule has 1 N–H and O–H groups in total. The van der Waals surface area contributed by atoms with E-state index in [1.54, 1.807) is 16.9 Å². The normalized spacial score (nSPS) is 11.5. The first kappa shape index (κ1) is 15.1. The molecule has 0 radical (unpaired) electrons. The topological polar surface area (TPSA) is 72.5 Å². The Bertz CT molecular complexity index is 609. The number of aryl methyl sites for hydroxylation is 1. The van der Waals surface area contributed by atoms with Gasteiger partial charge in [0, 0.05) is 0 Å². The van der Waals surface area contributed by atoms with Crippen molar-refractivity contribution >= 4 is 16.1 Å². The molecule has 0 unspecified atom stereocenters. The third-order valence-electron chi connectivity index (χ3n) is 2.24. The summed E-state index contributed by atoms with van der Waals surface area (Å²) in [7, 11) is -3.95. The number of benzene rings is 1. The SMILES string of the molecule is C#CC(C)(C)OC(=O)NS(=O)(=O)c1ccc(C)cc1. The molecule has 1 aromatic carbocycles. The highest BCUT2D eigenvalue weighted by molar-refractivity contribution is 7.90. The molecule has 0 fully saturated rings. The van der Waals surface area contributed by atoms with Crippen LogP contribution in [0.25, 0.3) is 0 Å². The summed E-state index contributed by atoms with van der Waals surface area (Å²) in [6, 6.07) is 6.06. The number of carbonyl (C=O) groups excluding carboxylic acids is 1. The molecular weight excluding hydrogens is 266 g/mol. The second kappa shape index (κ2) is 5.33. The van der Waals surface area contributed by atoms with Crippen LogP contribution in [0.1, 0.15) is 19.4 Å². The van der Waals surface area contributed by atoms with Crippen LogP contribution in [0.2, 0.25) is 0 Å². The zero-order chi connectivity index (χ0) is 14.7. The van der Waals surface area contributed by atoms with Crippen LogP contribution < -0.4 is 4.72 Å². The fourth-order valence-corrected chi connectivity index (χ4v) is 2.04. The molecular formula is C13H15NO4S. The minimum absolute atomic E-state index is 0.0198. The van der Waals surface area contributed by atoms with Crippen molar-refractivity contribution < 1.29 is 17.9 Å². The van der Waals surface area contributed by atoms with Crippen LogP contribution >= 0.6 is 0 Å². The first-order valence-electron chi connectivity index (χ1n) is 5.46. The Labute approximate surface area is 113 Å². The average molecular weight is 281 g/mol. The van der Waals surface area contributed by atoms with Crippen LogP contribution in [0, 0.1) is 19.3 Å². The number of rotatable bonds is 3. The molecule has 0 aliphatic carbocycles. The first-order valence-corrected chi connectivity index (χ1v) is 6.95. The van der Waals surface area contributed by atoms with Gasteiger partial charge in [0.25, 0.3) is 10.0 Å². The number of nitrogens with one attached hydrogen (secondary N) is 1. The third kappa shape index (κ3) is 4.30. The molecule has 0 heterocycles. The van der Waals surface area contributed by atoms with Gasteiger partial charge in [-0.05, 0) is 32.9 Å². The molecule has 0 bridgehead atoms. The van der Waals surface area contributed by atoms with Gasteiger partial charge in [0.2, 0.25) is 0 Å². The van der Waals surface area contributed by atoms with E-state index >= 15 is 0 Å². The van der Waals surface area contributed by atoms with Crippen LogP contribution in [0.3, 0.4) is 0 Å². The van der Waals surface area contributed by atoms with E-state index in [4.69, 9.17) is 11.2 Å². The molecule has 1 amide bonds. The van der Waals surface area contributed by atoms with E-state index < -0.39 is 21.7 Å². The Hall–Kier alpha value is -2.00. The third-order valence-corrected chi connectivity index (χ3v) is 3.57. The van der Waals surface area contributed by atoms with Gasteiger partial charge in [0.05, 0.1) is 4.90 Å².